The van der Waals surface area contributed by atoms with E-state index in [1.807, 2.05) is 38.1 Å². The molecule has 0 bridgehead atoms. The molecule has 72 valence electrons. The van der Waals surface area contributed by atoms with Crippen molar-refractivity contribution >= 4 is 22.4 Å². The molecular weight excluding hydrogens is 204 g/mol. The Bertz CT molecular complexity index is 294. The Kier molecular flexibility index (Phi) is 3.94. The van der Waals surface area contributed by atoms with Crippen molar-refractivity contribution in [3.05, 3.63) is 29.8 Å². The first-order valence-corrected chi connectivity index (χ1v) is 5.91. The van der Waals surface area contributed by atoms with E-state index < -0.39 is 10.8 Å². The van der Waals surface area contributed by atoms with Crippen LogP contribution >= 0.6 is 11.6 Å². The van der Waals surface area contributed by atoms with Gasteiger partial charge in [-0.2, -0.15) is 0 Å². The molecule has 13 heavy (non-hydrogen) atoms. The van der Waals surface area contributed by atoms with Gasteiger partial charge in [0.05, 0.1) is 10.8 Å². The molecule has 0 aliphatic carbocycles. The average Bonchev–Trinajstić information content (AvgIpc) is 2.17. The lowest BCUT2D eigenvalue weighted by molar-refractivity contribution is 0.679. The van der Waals surface area contributed by atoms with Crippen LogP contribution in [0, 0.1) is 6.92 Å². The molecule has 3 heteroatoms. The zero-order chi connectivity index (χ0) is 9.84. The van der Waals surface area contributed by atoms with Crippen molar-refractivity contribution in [2.24, 2.45) is 0 Å². The van der Waals surface area contributed by atoms with E-state index >= 15 is 0 Å². The zero-order valence-electron chi connectivity index (χ0n) is 7.79. The first-order chi connectivity index (χ1) is 6.15. The number of rotatable bonds is 3. The molecule has 0 saturated carbocycles. The van der Waals surface area contributed by atoms with Gasteiger partial charge in [-0.15, -0.1) is 11.6 Å². The monoisotopic (exact) mass is 216 g/mol. The molecule has 2 unspecified atom stereocenters. The minimum Gasteiger partial charge on any atom is -0.253 e. The van der Waals surface area contributed by atoms with Crippen molar-refractivity contribution in [3.63, 3.8) is 0 Å². The third-order valence-electron chi connectivity index (χ3n) is 1.81. The van der Waals surface area contributed by atoms with Crippen LogP contribution in [-0.2, 0) is 10.8 Å². The Morgan fingerprint density at radius 3 is 2.38 bits per heavy atom. The van der Waals surface area contributed by atoms with E-state index in [0.717, 1.165) is 11.3 Å². The average molecular weight is 217 g/mol. The van der Waals surface area contributed by atoms with Crippen molar-refractivity contribution in [1.82, 2.24) is 0 Å². The molecule has 0 N–H and O–H groups in total. The Labute approximate surface area is 86.6 Å². The maximum Gasteiger partial charge on any atom is 0.113 e. The molecule has 0 radical (unpaired) electrons. The highest BCUT2D eigenvalue weighted by Crippen LogP contribution is 2.16. The zero-order valence-corrected chi connectivity index (χ0v) is 9.36. The minimum absolute atomic E-state index is 0.275. The van der Waals surface area contributed by atoms with E-state index in [1.54, 1.807) is 0 Å². The number of halogens is 1. The highest BCUT2D eigenvalue weighted by atomic mass is 35.5. The molecule has 1 aromatic carbocycles. The molecule has 0 heterocycles. The Hall–Kier alpha value is -0.340. The van der Waals surface area contributed by atoms with E-state index in [1.165, 1.54) is 5.56 Å². The van der Waals surface area contributed by atoms with E-state index in [-0.39, 0.29) is 4.71 Å². The first-order valence-electron chi connectivity index (χ1n) is 4.26. The van der Waals surface area contributed by atoms with Gasteiger partial charge in [-0.05, 0) is 25.5 Å². The van der Waals surface area contributed by atoms with Gasteiger partial charge in [-0.25, -0.2) is 0 Å². The van der Waals surface area contributed by atoms with Gasteiger partial charge in [0.25, 0.3) is 0 Å². The lowest BCUT2D eigenvalue weighted by Gasteiger charge is -2.06. The summed E-state index contributed by atoms with van der Waals surface area (Å²) >= 11 is 5.89. The van der Waals surface area contributed by atoms with E-state index in [9.17, 15) is 4.21 Å². The van der Waals surface area contributed by atoms with Crippen LogP contribution in [0.4, 0.5) is 0 Å². The van der Waals surface area contributed by atoms with Crippen molar-refractivity contribution < 1.29 is 4.21 Å². The number of alkyl halides is 1. The summed E-state index contributed by atoms with van der Waals surface area (Å²) in [6.45, 7) is 3.94. The summed E-state index contributed by atoms with van der Waals surface area (Å²) in [4.78, 5) is 0.812. The Balaban J connectivity index is 2.83. The summed E-state index contributed by atoms with van der Waals surface area (Å²) in [5.41, 5.74) is 1.17. The van der Waals surface area contributed by atoms with Crippen molar-refractivity contribution in [2.45, 2.75) is 29.9 Å². The van der Waals surface area contributed by atoms with Crippen LogP contribution in [0.1, 0.15) is 18.9 Å². The third-order valence-corrected chi connectivity index (χ3v) is 4.14. The van der Waals surface area contributed by atoms with Gasteiger partial charge >= 0.3 is 0 Å². The maximum absolute atomic E-state index is 11.7. The third kappa shape index (κ3) is 2.82. The summed E-state index contributed by atoms with van der Waals surface area (Å²) in [5, 5.41) is 0. The summed E-state index contributed by atoms with van der Waals surface area (Å²) in [7, 11) is -1.07. The number of hydrogen-bond donors (Lipinski definition) is 0. The van der Waals surface area contributed by atoms with Crippen LogP contribution in [0.2, 0.25) is 0 Å². The highest BCUT2D eigenvalue weighted by molar-refractivity contribution is 7.87. The van der Waals surface area contributed by atoms with Crippen LogP contribution in [-0.4, -0.2) is 8.92 Å². The molecule has 0 spiro atoms. The molecule has 0 saturated heterocycles. The summed E-state index contributed by atoms with van der Waals surface area (Å²) in [5.74, 6) is 0. The predicted octanol–water partition coefficient (Wildman–Crippen LogP) is 3.08. The van der Waals surface area contributed by atoms with Crippen LogP contribution in [0.3, 0.4) is 0 Å². The summed E-state index contributed by atoms with van der Waals surface area (Å²) in [6.07, 6.45) is 0.724. The molecule has 1 aromatic rings. The maximum atomic E-state index is 11.7. The van der Waals surface area contributed by atoms with Gasteiger partial charge in [-0.1, -0.05) is 24.6 Å². The topological polar surface area (TPSA) is 17.1 Å². The molecular formula is C10H13ClOS. The SMILES string of the molecule is CCC(Cl)S(=O)c1ccc(C)cc1. The fraction of sp³-hybridized carbons (Fsp3) is 0.400. The molecule has 0 aromatic heterocycles. The second-order valence-corrected chi connectivity index (χ2v) is 5.35. The Morgan fingerprint density at radius 1 is 1.38 bits per heavy atom. The van der Waals surface area contributed by atoms with Gasteiger partial charge in [-0.3, -0.25) is 4.21 Å². The molecule has 1 nitrogen and oxygen atoms in total. The number of benzene rings is 1. The van der Waals surface area contributed by atoms with Crippen molar-refractivity contribution in [1.29, 1.82) is 0 Å². The fourth-order valence-corrected chi connectivity index (χ4v) is 2.28. The lowest BCUT2D eigenvalue weighted by Crippen LogP contribution is -2.06. The minimum atomic E-state index is -1.07. The fourth-order valence-electron chi connectivity index (χ4n) is 0.971. The smallest absolute Gasteiger partial charge is 0.113 e. The van der Waals surface area contributed by atoms with Gasteiger partial charge in [0.15, 0.2) is 0 Å². The molecule has 0 aliphatic rings. The lowest BCUT2D eigenvalue weighted by atomic mass is 10.2. The van der Waals surface area contributed by atoms with E-state index in [4.69, 9.17) is 11.6 Å². The first kappa shape index (κ1) is 10.7. The second-order valence-electron chi connectivity index (χ2n) is 2.93. The molecule has 0 amide bonds. The number of hydrogen-bond acceptors (Lipinski definition) is 1. The highest BCUT2D eigenvalue weighted by Gasteiger charge is 2.12. The molecule has 0 aliphatic heterocycles. The standard InChI is InChI=1S/C10H13ClOS/c1-3-10(11)13(12)9-6-4-8(2)5-7-9/h4-7,10H,3H2,1-2H3. The number of aryl methyl sites for hydroxylation is 1. The largest absolute Gasteiger partial charge is 0.253 e. The summed E-state index contributed by atoms with van der Waals surface area (Å²) in [6, 6.07) is 7.64. The van der Waals surface area contributed by atoms with Crippen molar-refractivity contribution in [2.75, 3.05) is 0 Å². The summed E-state index contributed by atoms with van der Waals surface area (Å²) < 4.78 is 11.4. The van der Waals surface area contributed by atoms with Crippen LogP contribution in [0.15, 0.2) is 29.2 Å². The van der Waals surface area contributed by atoms with Crippen molar-refractivity contribution in [3.8, 4) is 0 Å². The normalized spacial score (nSPS) is 15.3. The van der Waals surface area contributed by atoms with Crippen LogP contribution in [0.5, 0.6) is 0 Å². The van der Waals surface area contributed by atoms with Gasteiger partial charge in [0, 0.05) is 4.90 Å². The quantitative estimate of drug-likeness (QED) is 0.710. The van der Waals surface area contributed by atoms with Gasteiger partial charge in [0.2, 0.25) is 0 Å². The Morgan fingerprint density at radius 2 is 1.92 bits per heavy atom. The van der Waals surface area contributed by atoms with Crippen LogP contribution < -0.4 is 0 Å². The predicted molar refractivity (Wildman–Crippen MR) is 57.5 cm³/mol. The van der Waals surface area contributed by atoms with Crippen LogP contribution in [0.25, 0.3) is 0 Å². The van der Waals surface area contributed by atoms with E-state index in [0.29, 0.717) is 0 Å². The van der Waals surface area contributed by atoms with Gasteiger partial charge in [0.1, 0.15) is 4.71 Å². The van der Waals surface area contributed by atoms with E-state index in [2.05, 4.69) is 0 Å². The molecule has 0 fully saturated rings. The molecule has 1 rings (SSSR count). The molecule has 2 atom stereocenters. The van der Waals surface area contributed by atoms with Gasteiger partial charge < -0.3 is 0 Å². The second kappa shape index (κ2) is 4.77.